The lowest BCUT2D eigenvalue weighted by molar-refractivity contribution is -0.142. The smallest absolute Gasteiger partial charge is 0.335 e. The van der Waals surface area contributed by atoms with Gasteiger partial charge in [0.05, 0.1) is 38.5 Å². The number of ether oxygens (including phenoxy) is 3. The molecule has 0 atom stereocenters. The first kappa shape index (κ1) is 23.2. The highest BCUT2D eigenvalue weighted by Crippen LogP contribution is 2.37. The maximum Gasteiger partial charge on any atom is 0.335 e. The molecule has 0 heterocycles. The number of anilines is 1. The monoisotopic (exact) mass is 473 g/mol. The van der Waals surface area contributed by atoms with Crippen molar-refractivity contribution >= 4 is 11.7 Å². The summed E-state index contributed by atoms with van der Waals surface area (Å²) in [6.45, 7) is 2.41. The van der Waals surface area contributed by atoms with Crippen molar-refractivity contribution in [3.63, 3.8) is 0 Å². The molecular formula is C29H31NO5. The highest BCUT2D eigenvalue weighted by atomic mass is 16.7. The number of carbonyl (C=O) groups excluding carboxylic acids is 1. The van der Waals surface area contributed by atoms with Crippen LogP contribution in [0, 0.1) is 12.8 Å². The van der Waals surface area contributed by atoms with E-state index >= 15 is 0 Å². The molecular weight excluding hydrogens is 442 g/mol. The Balaban J connectivity index is 1.41. The Morgan fingerprint density at radius 3 is 2.20 bits per heavy atom. The fourth-order valence-electron chi connectivity index (χ4n) is 4.66. The van der Waals surface area contributed by atoms with Gasteiger partial charge in [-0.3, -0.25) is 0 Å². The van der Waals surface area contributed by atoms with Gasteiger partial charge in [-0.1, -0.05) is 30.3 Å². The topological polar surface area (TPSA) is 66.0 Å². The summed E-state index contributed by atoms with van der Waals surface area (Å²) in [6.07, 6.45) is 3.76. The Bertz CT molecular complexity index is 1180. The molecule has 5 rings (SSSR count). The summed E-state index contributed by atoms with van der Waals surface area (Å²) in [5.74, 6) is 1.35. The summed E-state index contributed by atoms with van der Waals surface area (Å²) in [6, 6.07) is 18.4. The van der Waals surface area contributed by atoms with Gasteiger partial charge in [-0.15, -0.1) is 0 Å². The fraction of sp³-hybridized carbons (Fsp3) is 0.345. The molecule has 3 aromatic carbocycles. The van der Waals surface area contributed by atoms with Gasteiger partial charge in [-0.25, -0.2) is 10.3 Å². The molecule has 2 aliphatic carbocycles. The molecule has 0 amide bonds. The van der Waals surface area contributed by atoms with Crippen LogP contribution in [0.4, 0.5) is 5.69 Å². The summed E-state index contributed by atoms with van der Waals surface area (Å²) in [7, 11) is 3.32. The molecule has 182 valence electrons. The van der Waals surface area contributed by atoms with Gasteiger partial charge in [-0.2, -0.15) is 0 Å². The Kier molecular flexibility index (Phi) is 6.64. The minimum atomic E-state index is -0.205. The van der Waals surface area contributed by atoms with E-state index in [1.807, 2.05) is 37.3 Å². The number of benzene rings is 3. The largest absolute Gasteiger partial charge is 0.496 e. The SMILES string of the molecule is COc1cc(-c2ccc(NOC(=O)C3CC3)cc2COC2Cc3ccccc3C2)cc(OC)c1C. The van der Waals surface area contributed by atoms with Gasteiger partial charge >= 0.3 is 5.97 Å². The zero-order valence-electron chi connectivity index (χ0n) is 20.4. The van der Waals surface area contributed by atoms with Gasteiger partial charge in [-0.05, 0) is 84.7 Å². The molecule has 35 heavy (non-hydrogen) atoms. The number of methoxy groups -OCH3 is 2. The summed E-state index contributed by atoms with van der Waals surface area (Å²) >= 11 is 0. The summed E-state index contributed by atoms with van der Waals surface area (Å²) in [5.41, 5.74) is 10.2. The minimum Gasteiger partial charge on any atom is -0.496 e. The average molecular weight is 474 g/mol. The van der Waals surface area contributed by atoms with Crippen LogP contribution >= 0.6 is 0 Å². The van der Waals surface area contributed by atoms with Crippen molar-refractivity contribution < 1.29 is 23.8 Å². The lowest BCUT2D eigenvalue weighted by Gasteiger charge is -2.18. The van der Waals surface area contributed by atoms with Crippen LogP contribution in [0.5, 0.6) is 11.5 Å². The molecule has 0 spiro atoms. The van der Waals surface area contributed by atoms with E-state index in [1.54, 1.807) is 14.2 Å². The van der Waals surface area contributed by atoms with E-state index in [-0.39, 0.29) is 18.0 Å². The van der Waals surface area contributed by atoms with E-state index in [2.05, 4.69) is 29.7 Å². The fourth-order valence-corrected chi connectivity index (χ4v) is 4.66. The molecule has 0 aromatic heterocycles. The number of hydrogen-bond donors (Lipinski definition) is 1. The van der Waals surface area contributed by atoms with Gasteiger partial charge in [0, 0.05) is 5.56 Å². The first-order valence-electron chi connectivity index (χ1n) is 12.1. The van der Waals surface area contributed by atoms with E-state index in [1.165, 1.54) is 11.1 Å². The second-order valence-corrected chi connectivity index (χ2v) is 9.29. The molecule has 2 aliphatic rings. The predicted octanol–water partition coefficient (Wildman–Crippen LogP) is 5.64. The van der Waals surface area contributed by atoms with Crippen molar-refractivity contribution in [1.82, 2.24) is 0 Å². The maximum atomic E-state index is 12.0. The number of carbonyl (C=O) groups is 1. The van der Waals surface area contributed by atoms with Crippen LogP contribution in [0.3, 0.4) is 0 Å². The highest BCUT2D eigenvalue weighted by Gasteiger charge is 2.31. The predicted molar refractivity (Wildman–Crippen MR) is 135 cm³/mol. The van der Waals surface area contributed by atoms with E-state index in [0.29, 0.717) is 12.3 Å². The molecule has 0 saturated heterocycles. The molecule has 3 aromatic rings. The quantitative estimate of drug-likeness (QED) is 0.406. The molecule has 0 unspecified atom stereocenters. The van der Waals surface area contributed by atoms with Crippen LogP contribution < -0.4 is 15.0 Å². The van der Waals surface area contributed by atoms with Crippen LogP contribution in [-0.2, 0) is 33.8 Å². The normalized spacial score (nSPS) is 14.9. The Labute approximate surface area is 206 Å². The number of rotatable bonds is 9. The van der Waals surface area contributed by atoms with Gasteiger partial charge in [0.1, 0.15) is 11.5 Å². The average Bonchev–Trinajstić information content (AvgIpc) is 3.65. The molecule has 1 N–H and O–H groups in total. The molecule has 0 bridgehead atoms. The third-order valence-electron chi connectivity index (χ3n) is 6.84. The van der Waals surface area contributed by atoms with E-state index < -0.39 is 0 Å². The first-order chi connectivity index (χ1) is 17.1. The standard InChI is InChI=1S/C29H31NO5/c1-18-27(32-2)15-22(16-28(18)33-3)26-11-10-24(30-35-29(31)19-8-9-19)12-23(26)17-34-25-13-20-6-4-5-7-21(20)14-25/h4-7,10-12,15-16,19,25,30H,8-9,13-14,17H2,1-3H3. The third kappa shape index (κ3) is 5.13. The van der Waals surface area contributed by atoms with Crippen molar-refractivity contribution in [2.24, 2.45) is 5.92 Å². The Hall–Kier alpha value is -3.51. The Morgan fingerprint density at radius 2 is 1.60 bits per heavy atom. The zero-order valence-corrected chi connectivity index (χ0v) is 20.4. The van der Waals surface area contributed by atoms with Crippen LogP contribution in [0.1, 0.15) is 35.1 Å². The third-order valence-corrected chi connectivity index (χ3v) is 6.84. The minimum absolute atomic E-state index is 0.0288. The van der Waals surface area contributed by atoms with E-state index in [4.69, 9.17) is 19.0 Å². The van der Waals surface area contributed by atoms with E-state index in [0.717, 1.165) is 59.4 Å². The second-order valence-electron chi connectivity index (χ2n) is 9.29. The second kappa shape index (κ2) is 10.0. The summed E-state index contributed by atoms with van der Waals surface area (Å²) in [4.78, 5) is 17.3. The molecule has 0 radical (unpaired) electrons. The van der Waals surface area contributed by atoms with Gasteiger partial charge < -0.3 is 19.0 Å². The van der Waals surface area contributed by atoms with Crippen molar-refractivity contribution in [3.8, 4) is 22.6 Å². The van der Waals surface area contributed by atoms with Gasteiger partial charge in [0.2, 0.25) is 0 Å². The van der Waals surface area contributed by atoms with Crippen molar-refractivity contribution in [3.05, 3.63) is 76.9 Å². The Morgan fingerprint density at radius 1 is 0.943 bits per heavy atom. The van der Waals surface area contributed by atoms with Gasteiger partial charge in [0.15, 0.2) is 0 Å². The van der Waals surface area contributed by atoms with Crippen molar-refractivity contribution in [1.29, 1.82) is 0 Å². The van der Waals surface area contributed by atoms with Crippen LogP contribution in [0.2, 0.25) is 0 Å². The van der Waals surface area contributed by atoms with Crippen LogP contribution in [-0.4, -0.2) is 26.3 Å². The zero-order chi connectivity index (χ0) is 24.4. The van der Waals surface area contributed by atoms with Crippen molar-refractivity contribution in [2.45, 2.75) is 45.3 Å². The summed E-state index contributed by atoms with van der Waals surface area (Å²) in [5, 5.41) is 0. The maximum absolute atomic E-state index is 12.0. The molecule has 1 saturated carbocycles. The molecule has 6 nitrogen and oxygen atoms in total. The van der Waals surface area contributed by atoms with E-state index in [9.17, 15) is 4.79 Å². The molecule has 1 fully saturated rings. The number of hydrogen-bond acceptors (Lipinski definition) is 6. The van der Waals surface area contributed by atoms with Crippen molar-refractivity contribution in [2.75, 3.05) is 19.7 Å². The lowest BCUT2D eigenvalue weighted by atomic mass is 9.97. The summed E-state index contributed by atoms with van der Waals surface area (Å²) < 4.78 is 17.6. The molecule has 6 heteroatoms. The molecule has 0 aliphatic heterocycles. The number of nitrogens with one attached hydrogen (secondary N) is 1. The first-order valence-corrected chi connectivity index (χ1v) is 12.1. The van der Waals surface area contributed by atoms with Crippen LogP contribution in [0.25, 0.3) is 11.1 Å². The van der Waals surface area contributed by atoms with Crippen LogP contribution in [0.15, 0.2) is 54.6 Å². The highest BCUT2D eigenvalue weighted by molar-refractivity contribution is 5.77. The number of fused-ring (bicyclic) bond motifs is 1. The van der Waals surface area contributed by atoms with Gasteiger partial charge in [0.25, 0.3) is 0 Å². The lowest BCUT2D eigenvalue weighted by Crippen LogP contribution is -2.14.